The number of benzene rings is 2. The number of anilines is 1. The molecule has 0 aliphatic carbocycles. The van der Waals surface area contributed by atoms with Gasteiger partial charge in [0.05, 0.1) is 11.8 Å². The minimum Gasteiger partial charge on any atom is -0.324 e. The highest BCUT2D eigenvalue weighted by atomic mass is 35.5. The number of rotatable bonds is 5. The number of unbranched alkanes of at least 4 members (excludes halogenated alkanes) is 1. The normalized spacial score (nSPS) is 28.9. The van der Waals surface area contributed by atoms with E-state index in [0.29, 0.717) is 29.2 Å². The quantitative estimate of drug-likeness (QED) is 0.704. The number of hydrogen-bond acceptors (Lipinski definition) is 4. The monoisotopic (exact) mass is 437 g/mol. The first-order valence-corrected chi connectivity index (χ1v) is 11.1. The van der Waals surface area contributed by atoms with Crippen molar-refractivity contribution in [2.24, 2.45) is 11.8 Å². The maximum absolute atomic E-state index is 13.6. The summed E-state index contributed by atoms with van der Waals surface area (Å²) in [7, 11) is 0. The fourth-order valence-electron chi connectivity index (χ4n) is 5.41. The van der Waals surface area contributed by atoms with E-state index in [1.807, 2.05) is 37.3 Å². The number of hydrogen-bond donors (Lipinski definition) is 2. The van der Waals surface area contributed by atoms with Gasteiger partial charge in [-0.2, -0.15) is 0 Å². The molecule has 3 heterocycles. The molecule has 1 spiro atoms. The molecule has 3 aliphatic rings. The molecule has 3 aliphatic heterocycles. The van der Waals surface area contributed by atoms with Crippen molar-refractivity contribution in [3.63, 3.8) is 0 Å². The smallest absolute Gasteiger partial charge is 0.250 e. The van der Waals surface area contributed by atoms with Gasteiger partial charge in [-0.15, -0.1) is 0 Å². The summed E-state index contributed by atoms with van der Waals surface area (Å²) in [4.78, 5) is 41.7. The maximum atomic E-state index is 13.6. The summed E-state index contributed by atoms with van der Waals surface area (Å²) in [6, 6.07) is 14.7. The first-order chi connectivity index (χ1) is 15.0. The molecule has 0 radical (unpaired) electrons. The molecule has 4 atom stereocenters. The van der Waals surface area contributed by atoms with E-state index in [0.717, 1.165) is 18.4 Å². The molecule has 2 N–H and O–H groups in total. The third kappa shape index (κ3) is 2.92. The Morgan fingerprint density at radius 1 is 1.06 bits per heavy atom. The first-order valence-electron chi connectivity index (χ1n) is 10.8. The van der Waals surface area contributed by atoms with E-state index in [4.69, 9.17) is 11.6 Å². The molecule has 2 fully saturated rings. The standard InChI is InChI=1S/C24H24ClN3O3/c1-2-3-11-28-21(29)19-18(12-14-7-5-4-6-8-14)27-24(20(19)22(28)30)16-13-15(25)9-10-17(16)26-23(24)31/h4-10,13,18-20,27H,2-3,11-12H2,1H3,(H,26,31). The Balaban J connectivity index is 1.62. The Morgan fingerprint density at radius 3 is 2.58 bits per heavy atom. The van der Waals surface area contributed by atoms with Gasteiger partial charge in [0.1, 0.15) is 5.54 Å². The van der Waals surface area contributed by atoms with Gasteiger partial charge in [-0.3, -0.25) is 24.6 Å². The molecular weight excluding hydrogens is 414 g/mol. The van der Waals surface area contributed by atoms with Gasteiger partial charge in [0.2, 0.25) is 17.7 Å². The van der Waals surface area contributed by atoms with Crippen molar-refractivity contribution >= 4 is 35.0 Å². The van der Waals surface area contributed by atoms with Gasteiger partial charge >= 0.3 is 0 Å². The van der Waals surface area contributed by atoms with E-state index < -0.39 is 17.4 Å². The Kier molecular flexibility index (Phi) is 4.87. The summed E-state index contributed by atoms with van der Waals surface area (Å²) in [5.74, 6) is -2.13. The number of carbonyl (C=O) groups is 3. The highest BCUT2D eigenvalue weighted by Gasteiger charge is 2.70. The van der Waals surface area contributed by atoms with Gasteiger partial charge < -0.3 is 5.32 Å². The third-order valence-electron chi connectivity index (χ3n) is 6.80. The Morgan fingerprint density at radius 2 is 1.84 bits per heavy atom. The van der Waals surface area contributed by atoms with E-state index in [1.54, 1.807) is 18.2 Å². The van der Waals surface area contributed by atoms with Gasteiger partial charge in [-0.05, 0) is 36.6 Å². The molecule has 0 bridgehead atoms. The van der Waals surface area contributed by atoms with Crippen molar-refractivity contribution in [2.75, 3.05) is 11.9 Å². The molecule has 2 aromatic rings. The van der Waals surface area contributed by atoms with Crippen LogP contribution in [0.4, 0.5) is 5.69 Å². The van der Waals surface area contributed by atoms with Gasteiger partial charge in [-0.25, -0.2) is 0 Å². The molecule has 3 amide bonds. The largest absolute Gasteiger partial charge is 0.324 e. The molecule has 5 rings (SSSR count). The second-order valence-electron chi connectivity index (χ2n) is 8.58. The highest BCUT2D eigenvalue weighted by Crippen LogP contribution is 2.53. The zero-order valence-electron chi connectivity index (χ0n) is 17.2. The fourth-order valence-corrected chi connectivity index (χ4v) is 5.59. The van der Waals surface area contributed by atoms with Crippen LogP contribution in [-0.2, 0) is 26.3 Å². The van der Waals surface area contributed by atoms with Crippen molar-refractivity contribution in [2.45, 2.75) is 37.8 Å². The minimum absolute atomic E-state index is 0.183. The van der Waals surface area contributed by atoms with E-state index in [9.17, 15) is 14.4 Å². The van der Waals surface area contributed by atoms with E-state index >= 15 is 0 Å². The molecule has 6 nitrogen and oxygen atoms in total. The second-order valence-corrected chi connectivity index (χ2v) is 9.01. The average Bonchev–Trinajstić information content (AvgIpc) is 3.33. The Labute approximate surface area is 185 Å². The van der Waals surface area contributed by atoms with E-state index in [2.05, 4.69) is 10.6 Å². The van der Waals surface area contributed by atoms with Gasteiger partial charge in [0.25, 0.3) is 0 Å². The number of likely N-dealkylation sites (tertiary alicyclic amines) is 1. The Hall–Kier alpha value is -2.70. The second kappa shape index (κ2) is 7.46. The number of carbonyl (C=O) groups excluding carboxylic acids is 3. The fraction of sp³-hybridized carbons (Fsp3) is 0.375. The van der Waals surface area contributed by atoms with Crippen molar-refractivity contribution in [1.82, 2.24) is 10.2 Å². The Bertz CT molecular complexity index is 1070. The third-order valence-corrected chi connectivity index (χ3v) is 7.04. The summed E-state index contributed by atoms with van der Waals surface area (Å²) in [6.07, 6.45) is 2.17. The topological polar surface area (TPSA) is 78.5 Å². The molecule has 7 heteroatoms. The zero-order valence-corrected chi connectivity index (χ0v) is 18.0. The molecule has 31 heavy (non-hydrogen) atoms. The van der Waals surface area contributed by atoms with Crippen LogP contribution in [0.1, 0.15) is 30.9 Å². The number of halogens is 1. The van der Waals surface area contributed by atoms with Crippen LogP contribution in [0.3, 0.4) is 0 Å². The molecular formula is C24H24ClN3O3. The molecule has 2 aromatic carbocycles. The van der Waals surface area contributed by atoms with Crippen LogP contribution < -0.4 is 10.6 Å². The zero-order chi connectivity index (χ0) is 21.8. The van der Waals surface area contributed by atoms with Gasteiger partial charge in [0.15, 0.2) is 0 Å². The predicted octanol–water partition coefficient (Wildman–Crippen LogP) is 3.10. The molecule has 160 valence electrons. The molecule has 2 saturated heterocycles. The number of nitrogens with one attached hydrogen (secondary N) is 2. The average molecular weight is 438 g/mol. The van der Waals surface area contributed by atoms with Crippen LogP contribution in [0.25, 0.3) is 0 Å². The van der Waals surface area contributed by atoms with Crippen LogP contribution in [0.2, 0.25) is 5.02 Å². The number of amides is 3. The minimum atomic E-state index is -1.29. The SMILES string of the molecule is CCCCN1C(=O)C2C(Cc3ccccc3)NC3(C(=O)Nc4ccc(Cl)cc43)C2C1=O. The number of fused-ring (bicyclic) bond motifs is 4. The van der Waals surface area contributed by atoms with Crippen molar-refractivity contribution in [3.05, 3.63) is 64.7 Å². The van der Waals surface area contributed by atoms with Crippen molar-refractivity contribution in [3.8, 4) is 0 Å². The lowest BCUT2D eigenvalue weighted by molar-refractivity contribution is -0.142. The van der Waals surface area contributed by atoms with Crippen LogP contribution in [-0.4, -0.2) is 35.2 Å². The number of nitrogens with zero attached hydrogens (tertiary/aromatic N) is 1. The van der Waals surface area contributed by atoms with Crippen LogP contribution in [0.15, 0.2) is 48.5 Å². The summed E-state index contributed by atoms with van der Waals surface area (Å²) < 4.78 is 0. The summed E-state index contributed by atoms with van der Waals surface area (Å²) in [5, 5.41) is 6.84. The predicted molar refractivity (Wildman–Crippen MR) is 117 cm³/mol. The van der Waals surface area contributed by atoms with Gasteiger partial charge in [0, 0.05) is 28.9 Å². The summed E-state index contributed by atoms with van der Waals surface area (Å²) >= 11 is 6.27. The van der Waals surface area contributed by atoms with Crippen LogP contribution in [0.5, 0.6) is 0 Å². The number of imide groups is 1. The van der Waals surface area contributed by atoms with E-state index in [1.165, 1.54) is 4.90 Å². The van der Waals surface area contributed by atoms with Crippen LogP contribution in [0, 0.1) is 11.8 Å². The summed E-state index contributed by atoms with van der Waals surface area (Å²) in [5.41, 5.74) is 1.04. The molecule has 4 unspecified atom stereocenters. The lowest BCUT2D eigenvalue weighted by atomic mass is 9.76. The molecule has 0 aromatic heterocycles. The molecule has 0 saturated carbocycles. The van der Waals surface area contributed by atoms with Gasteiger partial charge in [-0.1, -0.05) is 55.3 Å². The lowest BCUT2D eigenvalue weighted by Crippen LogP contribution is -2.53. The maximum Gasteiger partial charge on any atom is 0.250 e. The van der Waals surface area contributed by atoms with Crippen molar-refractivity contribution in [1.29, 1.82) is 0 Å². The van der Waals surface area contributed by atoms with Crippen LogP contribution >= 0.6 is 11.6 Å². The summed E-state index contributed by atoms with van der Waals surface area (Å²) in [6.45, 7) is 2.41. The van der Waals surface area contributed by atoms with E-state index in [-0.39, 0.29) is 23.8 Å². The van der Waals surface area contributed by atoms with Crippen molar-refractivity contribution < 1.29 is 14.4 Å². The highest BCUT2D eigenvalue weighted by molar-refractivity contribution is 6.31. The lowest BCUT2D eigenvalue weighted by Gasteiger charge is -2.29. The first kappa shape index (κ1) is 20.2.